The molecule has 10 heteroatoms. The van der Waals surface area contributed by atoms with Crippen LogP contribution in [-0.4, -0.2) is 94.3 Å². The minimum atomic E-state index is -1.44. The van der Waals surface area contributed by atoms with Gasteiger partial charge in [-0.05, 0) is 63.9 Å². The second kappa shape index (κ2) is 11.7. The van der Waals surface area contributed by atoms with Crippen LogP contribution in [0.4, 0.5) is 0 Å². The van der Waals surface area contributed by atoms with Gasteiger partial charge < -0.3 is 35.8 Å². The number of nitrogens with zero attached hydrogens (tertiary/aromatic N) is 2. The number of rotatable bonds is 9. The van der Waals surface area contributed by atoms with Crippen molar-refractivity contribution >= 4 is 17.7 Å². The second-order valence-electron chi connectivity index (χ2n) is 9.98. The topological polar surface area (TPSA) is 142 Å². The maximum atomic E-state index is 13.5. The number of aromatic hydroxyl groups is 2. The third-order valence-electron chi connectivity index (χ3n) is 7.00. The van der Waals surface area contributed by atoms with Crippen LogP contribution < -0.4 is 10.6 Å². The lowest BCUT2D eigenvalue weighted by Gasteiger charge is -2.35. The van der Waals surface area contributed by atoms with Crippen LogP contribution in [0.3, 0.4) is 0 Å². The predicted molar refractivity (Wildman–Crippen MR) is 130 cm³/mol. The van der Waals surface area contributed by atoms with E-state index in [0.717, 1.165) is 25.7 Å². The average molecular weight is 491 g/mol. The Morgan fingerprint density at radius 1 is 1.14 bits per heavy atom. The first kappa shape index (κ1) is 26.7. The van der Waals surface area contributed by atoms with Crippen LogP contribution in [-0.2, 0) is 20.8 Å². The van der Waals surface area contributed by atoms with Gasteiger partial charge in [0.25, 0.3) is 0 Å². The fourth-order valence-corrected chi connectivity index (χ4v) is 5.14. The SMILES string of the molecule is CC(NC(=O)C(O)Cc1ccc(O)c(O)c1)C(=O)N1C(C(=O)NCCN(C)C)CC2CCCCC21. The molecule has 0 aromatic heterocycles. The van der Waals surface area contributed by atoms with Crippen LogP contribution in [0.15, 0.2) is 18.2 Å². The van der Waals surface area contributed by atoms with E-state index >= 15 is 0 Å². The summed E-state index contributed by atoms with van der Waals surface area (Å²) in [6.07, 6.45) is 2.99. The van der Waals surface area contributed by atoms with Gasteiger partial charge in [0.05, 0.1) is 0 Å². The van der Waals surface area contributed by atoms with Gasteiger partial charge in [0.2, 0.25) is 17.7 Å². The molecule has 1 aliphatic carbocycles. The molecule has 194 valence electrons. The number of hydrogen-bond donors (Lipinski definition) is 5. The van der Waals surface area contributed by atoms with Crippen molar-refractivity contribution in [2.24, 2.45) is 5.92 Å². The van der Waals surface area contributed by atoms with Crippen molar-refractivity contribution in [2.45, 2.75) is 69.7 Å². The van der Waals surface area contributed by atoms with Gasteiger partial charge in [-0.1, -0.05) is 18.9 Å². The summed E-state index contributed by atoms with van der Waals surface area (Å²) < 4.78 is 0. The number of aliphatic hydroxyl groups is 1. The number of carbonyl (C=O) groups excluding carboxylic acids is 3. The van der Waals surface area contributed by atoms with Crippen molar-refractivity contribution in [3.8, 4) is 11.5 Å². The molecule has 2 aliphatic rings. The smallest absolute Gasteiger partial charge is 0.249 e. The van der Waals surface area contributed by atoms with Crippen molar-refractivity contribution in [1.82, 2.24) is 20.4 Å². The molecule has 0 radical (unpaired) electrons. The van der Waals surface area contributed by atoms with Crippen molar-refractivity contribution in [3.05, 3.63) is 23.8 Å². The number of likely N-dealkylation sites (tertiary alicyclic amines) is 1. The van der Waals surface area contributed by atoms with Crippen LogP contribution in [0.5, 0.6) is 11.5 Å². The van der Waals surface area contributed by atoms with Crippen LogP contribution in [0.1, 0.15) is 44.6 Å². The molecule has 3 amide bonds. The van der Waals surface area contributed by atoms with Crippen LogP contribution in [0, 0.1) is 5.92 Å². The fraction of sp³-hybridized carbons (Fsp3) is 0.640. The number of nitrogens with one attached hydrogen (secondary N) is 2. The molecule has 5 unspecified atom stereocenters. The van der Waals surface area contributed by atoms with Gasteiger partial charge in [-0.25, -0.2) is 0 Å². The van der Waals surface area contributed by atoms with E-state index in [0.29, 0.717) is 25.1 Å². The minimum Gasteiger partial charge on any atom is -0.504 e. The molecule has 0 spiro atoms. The highest BCUT2D eigenvalue weighted by atomic mass is 16.3. The monoisotopic (exact) mass is 490 g/mol. The molecule has 3 rings (SSSR count). The number of benzene rings is 1. The number of carbonyl (C=O) groups is 3. The summed E-state index contributed by atoms with van der Waals surface area (Å²) >= 11 is 0. The molecule has 1 heterocycles. The molecular weight excluding hydrogens is 452 g/mol. The standard InChI is InChI=1S/C25H38N4O6/c1-15(27-24(34)22(32)13-16-8-9-20(30)21(31)12-16)25(35)29-18-7-5-4-6-17(18)14-19(29)23(33)26-10-11-28(2)3/h8-9,12,15,17-19,22,30-32H,4-7,10-11,13-14H2,1-3H3,(H,26,33)(H,27,34). The predicted octanol–water partition coefficient (Wildman–Crippen LogP) is 0.343. The summed E-state index contributed by atoms with van der Waals surface area (Å²) in [5, 5.41) is 34.9. The maximum absolute atomic E-state index is 13.5. The zero-order chi connectivity index (χ0) is 25.7. The Morgan fingerprint density at radius 2 is 1.86 bits per heavy atom. The van der Waals surface area contributed by atoms with Gasteiger partial charge in [-0.2, -0.15) is 0 Å². The number of phenolic OH excluding ortho intramolecular Hbond substituents is 2. The average Bonchev–Trinajstić information content (AvgIpc) is 3.20. The summed E-state index contributed by atoms with van der Waals surface area (Å²) in [4.78, 5) is 42.7. The van der Waals surface area contributed by atoms with Gasteiger partial charge in [0, 0.05) is 25.6 Å². The summed E-state index contributed by atoms with van der Waals surface area (Å²) in [5.74, 6) is -1.57. The largest absolute Gasteiger partial charge is 0.504 e. The zero-order valence-corrected chi connectivity index (χ0v) is 20.7. The van der Waals surface area contributed by atoms with E-state index in [-0.39, 0.29) is 41.7 Å². The molecule has 2 fully saturated rings. The first-order valence-electron chi connectivity index (χ1n) is 12.3. The zero-order valence-electron chi connectivity index (χ0n) is 20.7. The van der Waals surface area contributed by atoms with Crippen LogP contribution >= 0.6 is 0 Å². The molecule has 5 N–H and O–H groups in total. The van der Waals surface area contributed by atoms with Gasteiger partial charge in [-0.3, -0.25) is 14.4 Å². The van der Waals surface area contributed by atoms with E-state index in [1.165, 1.54) is 18.2 Å². The summed E-state index contributed by atoms with van der Waals surface area (Å²) in [6, 6.07) is 2.54. The Morgan fingerprint density at radius 3 is 2.54 bits per heavy atom. The number of hydrogen-bond acceptors (Lipinski definition) is 7. The molecule has 1 saturated carbocycles. The van der Waals surface area contributed by atoms with Crippen molar-refractivity contribution in [3.63, 3.8) is 0 Å². The molecule has 10 nitrogen and oxygen atoms in total. The summed E-state index contributed by atoms with van der Waals surface area (Å²) in [7, 11) is 3.85. The Kier molecular flexibility index (Phi) is 8.96. The van der Waals surface area contributed by atoms with Crippen LogP contribution in [0.2, 0.25) is 0 Å². The third kappa shape index (κ3) is 6.64. The second-order valence-corrected chi connectivity index (χ2v) is 9.98. The summed E-state index contributed by atoms with van der Waals surface area (Å²) in [6.45, 7) is 2.75. The van der Waals surface area contributed by atoms with E-state index in [1.807, 2.05) is 19.0 Å². The maximum Gasteiger partial charge on any atom is 0.249 e. The van der Waals surface area contributed by atoms with E-state index < -0.39 is 24.1 Å². The molecule has 0 bridgehead atoms. The lowest BCUT2D eigenvalue weighted by Crippen LogP contribution is -2.56. The number of amides is 3. The Balaban J connectivity index is 1.64. The third-order valence-corrected chi connectivity index (χ3v) is 7.00. The van der Waals surface area contributed by atoms with Gasteiger partial charge in [0.1, 0.15) is 18.2 Å². The number of likely N-dealkylation sites (N-methyl/N-ethyl adjacent to an activating group) is 1. The Labute approximate surface area is 206 Å². The van der Waals surface area contributed by atoms with E-state index in [9.17, 15) is 29.7 Å². The van der Waals surface area contributed by atoms with E-state index in [4.69, 9.17) is 0 Å². The highest BCUT2D eigenvalue weighted by molar-refractivity contribution is 5.93. The van der Waals surface area contributed by atoms with Gasteiger partial charge in [0.15, 0.2) is 11.5 Å². The first-order valence-corrected chi connectivity index (χ1v) is 12.3. The number of aliphatic hydroxyl groups excluding tert-OH is 1. The first-order chi connectivity index (χ1) is 16.6. The lowest BCUT2D eigenvalue weighted by molar-refractivity contribution is -0.144. The lowest BCUT2D eigenvalue weighted by atomic mass is 9.84. The highest BCUT2D eigenvalue weighted by Crippen LogP contribution is 2.40. The quantitative estimate of drug-likeness (QED) is 0.314. The highest BCUT2D eigenvalue weighted by Gasteiger charge is 2.48. The molecule has 1 saturated heterocycles. The molecule has 1 aromatic rings. The van der Waals surface area contributed by atoms with Crippen LogP contribution in [0.25, 0.3) is 0 Å². The van der Waals surface area contributed by atoms with E-state index in [2.05, 4.69) is 10.6 Å². The minimum absolute atomic E-state index is 0.0231. The van der Waals surface area contributed by atoms with Gasteiger partial charge >= 0.3 is 0 Å². The molecular formula is C25H38N4O6. The summed E-state index contributed by atoms with van der Waals surface area (Å²) in [5.41, 5.74) is 0.459. The molecule has 5 atom stereocenters. The van der Waals surface area contributed by atoms with Crippen molar-refractivity contribution in [2.75, 3.05) is 27.2 Å². The Hall–Kier alpha value is -2.85. The molecule has 35 heavy (non-hydrogen) atoms. The van der Waals surface area contributed by atoms with E-state index in [1.54, 1.807) is 11.8 Å². The number of phenols is 2. The number of fused-ring (bicyclic) bond motifs is 1. The van der Waals surface area contributed by atoms with Crippen molar-refractivity contribution in [1.29, 1.82) is 0 Å². The van der Waals surface area contributed by atoms with Gasteiger partial charge in [-0.15, -0.1) is 0 Å². The van der Waals surface area contributed by atoms with Crippen molar-refractivity contribution < 1.29 is 29.7 Å². The fourth-order valence-electron chi connectivity index (χ4n) is 5.14. The normalized spacial score (nSPS) is 23.5. The Bertz CT molecular complexity index is 923. The molecule has 1 aromatic carbocycles. The molecule has 1 aliphatic heterocycles.